The van der Waals surface area contributed by atoms with Crippen molar-refractivity contribution in [1.82, 2.24) is 10.2 Å². The maximum absolute atomic E-state index is 13.5. The van der Waals surface area contributed by atoms with Crippen LogP contribution in [-0.4, -0.2) is 42.9 Å². The summed E-state index contributed by atoms with van der Waals surface area (Å²) in [5.74, 6) is 1.75. The van der Waals surface area contributed by atoms with Crippen molar-refractivity contribution in [2.24, 2.45) is 11.8 Å². The summed E-state index contributed by atoms with van der Waals surface area (Å²) in [6, 6.07) is 23.0. The molecular weight excluding hydrogens is 498 g/mol. The van der Waals surface area contributed by atoms with Gasteiger partial charge in [0.15, 0.2) is 11.5 Å². The maximum atomic E-state index is 13.5. The van der Waals surface area contributed by atoms with Crippen molar-refractivity contribution >= 4 is 23.6 Å². The highest BCUT2D eigenvalue weighted by atomic mass is 16.5. The first-order valence-corrected chi connectivity index (χ1v) is 14.2. The van der Waals surface area contributed by atoms with E-state index in [1.807, 2.05) is 61.5 Å². The Kier molecular flexibility index (Phi) is 9.78. The Bertz CT molecular complexity index is 1330. The van der Waals surface area contributed by atoms with Gasteiger partial charge in [-0.2, -0.15) is 0 Å². The molecule has 4 rings (SSSR count). The van der Waals surface area contributed by atoms with E-state index in [1.54, 1.807) is 23.1 Å². The van der Waals surface area contributed by atoms with Gasteiger partial charge < -0.3 is 15.0 Å². The molecule has 1 aliphatic rings. The van der Waals surface area contributed by atoms with Crippen molar-refractivity contribution in [3.63, 3.8) is 0 Å². The summed E-state index contributed by atoms with van der Waals surface area (Å²) in [7, 11) is 0. The lowest BCUT2D eigenvalue weighted by Crippen LogP contribution is -2.38. The molecule has 210 valence electrons. The molecular formula is C34H41N3O3. The van der Waals surface area contributed by atoms with E-state index in [4.69, 9.17) is 4.74 Å². The Hall–Kier alpha value is -3.90. The van der Waals surface area contributed by atoms with Crippen LogP contribution in [0, 0.1) is 18.8 Å². The molecule has 0 saturated carbocycles. The highest BCUT2D eigenvalue weighted by molar-refractivity contribution is 6.09. The van der Waals surface area contributed by atoms with Crippen molar-refractivity contribution < 1.29 is 14.3 Å². The van der Waals surface area contributed by atoms with Gasteiger partial charge in [-0.05, 0) is 60.2 Å². The second-order valence-corrected chi connectivity index (χ2v) is 11.4. The van der Waals surface area contributed by atoms with Gasteiger partial charge in [-0.3, -0.25) is 14.5 Å². The van der Waals surface area contributed by atoms with Crippen molar-refractivity contribution in [1.29, 1.82) is 0 Å². The van der Waals surface area contributed by atoms with Gasteiger partial charge in [0.1, 0.15) is 0 Å². The number of fused-ring (bicyclic) bond motifs is 1. The van der Waals surface area contributed by atoms with E-state index in [-0.39, 0.29) is 17.6 Å². The van der Waals surface area contributed by atoms with Gasteiger partial charge in [0, 0.05) is 31.7 Å². The zero-order valence-electron chi connectivity index (χ0n) is 24.3. The number of aryl methyl sites for hydroxylation is 1. The second kappa shape index (κ2) is 13.4. The van der Waals surface area contributed by atoms with Crippen molar-refractivity contribution in [2.45, 2.75) is 41.2 Å². The fourth-order valence-corrected chi connectivity index (χ4v) is 5.01. The minimum absolute atomic E-state index is 0.100. The third-order valence-electron chi connectivity index (χ3n) is 6.69. The number of para-hydroxylation sites is 2. The number of carbonyl (C=O) groups excluding carboxylic acids is 2. The summed E-state index contributed by atoms with van der Waals surface area (Å²) in [6.45, 7) is 14.8. The first kappa shape index (κ1) is 29.1. The molecule has 0 unspecified atom stereocenters. The van der Waals surface area contributed by atoms with Crippen LogP contribution in [0.25, 0.3) is 6.08 Å². The standard InChI is InChI=1S/C34H41N3O3/c1-24(2)21-36(22-25(3)4)18-17-35-33(38)29-15-13-27(14-16-29)20-32-34(39)37(23-28-10-8-9-26(5)19-28)30-11-6-7-12-31(30)40-32/h6-16,19-20,24-25H,17-18,21-23H2,1-5H3,(H,35,38). The van der Waals surface area contributed by atoms with E-state index >= 15 is 0 Å². The zero-order chi connectivity index (χ0) is 28.6. The largest absolute Gasteiger partial charge is 0.449 e. The number of benzene rings is 3. The predicted molar refractivity (Wildman–Crippen MR) is 162 cm³/mol. The molecule has 0 aliphatic carbocycles. The number of anilines is 1. The van der Waals surface area contributed by atoms with E-state index in [0.29, 0.717) is 36.2 Å². The Morgan fingerprint density at radius 2 is 1.65 bits per heavy atom. The number of nitrogens with one attached hydrogen (secondary N) is 1. The molecule has 0 radical (unpaired) electrons. The second-order valence-electron chi connectivity index (χ2n) is 11.4. The van der Waals surface area contributed by atoms with Gasteiger partial charge in [0.05, 0.1) is 12.2 Å². The van der Waals surface area contributed by atoms with E-state index in [9.17, 15) is 9.59 Å². The monoisotopic (exact) mass is 539 g/mol. The number of hydrogen-bond acceptors (Lipinski definition) is 4. The molecule has 0 bridgehead atoms. The number of carbonyl (C=O) groups is 2. The van der Waals surface area contributed by atoms with E-state index in [1.165, 1.54) is 0 Å². The van der Waals surface area contributed by atoms with Crippen LogP contribution in [0.2, 0.25) is 0 Å². The lowest BCUT2D eigenvalue weighted by atomic mass is 10.1. The molecule has 1 heterocycles. The van der Waals surface area contributed by atoms with Gasteiger partial charge in [0.2, 0.25) is 0 Å². The Balaban J connectivity index is 1.43. The molecule has 0 aromatic heterocycles. The summed E-state index contributed by atoms with van der Waals surface area (Å²) in [4.78, 5) is 30.5. The molecule has 1 aliphatic heterocycles. The Labute approximate surface area is 238 Å². The van der Waals surface area contributed by atoms with Crippen LogP contribution in [0.4, 0.5) is 5.69 Å². The molecule has 6 nitrogen and oxygen atoms in total. The molecule has 3 aromatic carbocycles. The van der Waals surface area contributed by atoms with Crippen molar-refractivity contribution in [3.8, 4) is 5.75 Å². The Morgan fingerprint density at radius 3 is 2.33 bits per heavy atom. The van der Waals surface area contributed by atoms with E-state index in [2.05, 4.69) is 44.0 Å². The van der Waals surface area contributed by atoms with Crippen molar-refractivity contribution in [2.75, 3.05) is 31.1 Å². The molecule has 0 spiro atoms. The van der Waals surface area contributed by atoms with Crippen LogP contribution in [0.5, 0.6) is 5.75 Å². The highest BCUT2D eigenvalue weighted by Gasteiger charge is 2.30. The van der Waals surface area contributed by atoms with Crippen LogP contribution in [0.3, 0.4) is 0 Å². The van der Waals surface area contributed by atoms with E-state index in [0.717, 1.165) is 42.0 Å². The molecule has 2 amide bonds. The summed E-state index contributed by atoms with van der Waals surface area (Å²) in [5, 5.41) is 3.05. The van der Waals surface area contributed by atoms with Gasteiger partial charge in [-0.15, -0.1) is 0 Å². The number of amides is 2. The lowest BCUT2D eigenvalue weighted by Gasteiger charge is -2.30. The highest BCUT2D eigenvalue weighted by Crippen LogP contribution is 2.36. The lowest BCUT2D eigenvalue weighted by molar-refractivity contribution is -0.117. The van der Waals surface area contributed by atoms with Crippen LogP contribution in [-0.2, 0) is 11.3 Å². The number of nitrogens with zero attached hydrogens (tertiary/aromatic N) is 2. The minimum Gasteiger partial charge on any atom is -0.449 e. The molecule has 0 fully saturated rings. The van der Waals surface area contributed by atoms with Crippen LogP contribution in [0.1, 0.15) is 54.7 Å². The normalized spacial score (nSPS) is 14.2. The van der Waals surface area contributed by atoms with Crippen LogP contribution < -0.4 is 15.0 Å². The first-order valence-electron chi connectivity index (χ1n) is 14.2. The fourth-order valence-electron chi connectivity index (χ4n) is 5.01. The third kappa shape index (κ3) is 7.82. The Morgan fingerprint density at radius 1 is 0.950 bits per heavy atom. The fraction of sp³-hybridized carbons (Fsp3) is 0.353. The SMILES string of the molecule is Cc1cccc(CN2C(=O)C(=Cc3ccc(C(=O)NCCN(CC(C)C)CC(C)C)cc3)Oc3ccccc32)c1. The van der Waals surface area contributed by atoms with Gasteiger partial charge in [0.25, 0.3) is 11.8 Å². The molecule has 0 atom stereocenters. The van der Waals surface area contributed by atoms with Crippen LogP contribution in [0.15, 0.2) is 78.6 Å². The third-order valence-corrected chi connectivity index (χ3v) is 6.69. The number of ether oxygens (including phenoxy) is 1. The van der Waals surface area contributed by atoms with Crippen LogP contribution >= 0.6 is 0 Å². The summed E-state index contributed by atoms with van der Waals surface area (Å²) in [5.41, 5.74) is 4.32. The topological polar surface area (TPSA) is 61.9 Å². The average Bonchev–Trinajstić information content (AvgIpc) is 2.90. The minimum atomic E-state index is -0.200. The van der Waals surface area contributed by atoms with Gasteiger partial charge in [-0.25, -0.2) is 0 Å². The molecule has 6 heteroatoms. The van der Waals surface area contributed by atoms with Gasteiger partial charge in [-0.1, -0.05) is 81.8 Å². The quantitative estimate of drug-likeness (QED) is 0.290. The smallest absolute Gasteiger partial charge is 0.294 e. The first-order chi connectivity index (χ1) is 19.2. The number of hydrogen-bond donors (Lipinski definition) is 1. The summed E-state index contributed by atoms with van der Waals surface area (Å²) < 4.78 is 6.03. The van der Waals surface area contributed by atoms with Gasteiger partial charge >= 0.3 is 0 Å². The van der Waals surface area contributed by atoms with Crippen molar-refractivity contribution in [3.05, 3.63) is 101 Å². The molecule has 0 saturated heterocycles. The molecule has 3 aromatic rings. The zero-order valence-corrected chi connectivity index (χ0v) is 24.3. The molecule has 1 N–H and O–H groups in total. The molecule has 40 heavy (non-hydrogen) atoms. The summed E-state index contributed by atoms with van der Waals surface area (Å²) in [6.07, 6.45) is 1.74. The average molecular weight is 540 g/mol. The maximum Gasteiger partial charge on any atom is 0.294 e. The summed E-state index contributed by atoms with van der Waals surface area (Å²) >= 11 is 0. The predicted octanol–water partition coefficient (Wildman–Crippen LogP) is 6.31. The number of rotatable bonds is 11. The van der Waals surface area contributed by atoms with E-state index < -0.39 is 0 Å².